The molecule has 0 unspecified atom stereocenters. The third-order valence-electron chi connectivity index (χ3n) is 4.43. The molecule has 1 heterocycles. The van der Waals surface area contributed by atoms with Crippen molar-refractivity contribution in [3.05, 3.63) is 0 Å². The summed E-state index contributed by atoms with van der Waals surface area (Å²) in [6.45, 7) is 3.51. The topological polar surface area (TPSA) is 32.3 Å². The van der Waals surface area contributed by atoms with Crippen LogP contribution >= 0.6 is 0 Å². The molecular formula is C15H28N2O. The van der Waals surface area contributed by atoms with Crippen molar-refractivity contribution in [2.24, 2.45) is 5.92 Å². The van der Waals surface area contributed by atoms with Crippen molar-refractivity contribution >= 4 is 5.91 Å². The van der Waals surface area contributed by atoms with Crippen LogP contribution in [0.25, 0.3) is 0 Å². The predicted molar refractivity (Wildman–Crippen MR) is 74.5 cm³/mol. The minimum atomic E-state index is 0.301. The Hall–Kier alpha value is -0.570. The molecule has 2 fully saturated rings. The van der Waals surface area contributed by atoms with Gasteiger partial charge in [-0.15, -0.1) is 0 Å². The number of piperidine rings is 1. The van der Waals surface area contributed by atoms with Crippen LogP contribution in [0.5, 0.6) is 0 Å². The van der Waals surface area contributed by atoms with Gasteiger partial charge in [-0.2, -0.15) is 0 Å². The third kappa shape index (κ3) is 4.60. The van der Waals surface area contributed by atoms with Crippen LogP contribution in [0.1, 0.15) is 57.8 Å². The summed E-state index contributed by atoms with van der Waals surface area (Å²) in [7, 11) is 0. The lowest BCUT2D eigenvalue weighted by molar-refractivity contribution is -0.131. The van der Waals surface area contributed by atoms with Crippen molar-refractivity contribution in [3.63, 3.8) is 0 Å². The monoisotopic (exact) mass is 252 g/mol. The maximum Gasteiger partial charge on any atom is 0.236 e. The van der Waals surface area contributed by atoms with Crippen LogP contribution in [0.4, 0.5) is 0 Å². The summed E-state index contributed by atoms with van der Waals surface area (Å²) in [6, 6.07) is 0. The summed E-state index contributed by atoms with van der Waals surface area (Å²) in [6.07, 6.45) is 12.0. The van der Waals surface area contributed by atoms with Gasteiger partial charge in [0.2, 0.25) is 5.91 Å². The zero-order valence-electron chi connectivity index (χ0n) is 11.6. The fourth-order valence-corrected chi connectivity index (χ4v) is 3.27. The maximum absolute atomic E-state index is 11.9. The second kappa shape index (κ2) is 7.78. The van der Waals surface area contributed by atoms with Gasteiger partial charge in [0.05, 0.1) is 6.54 Å². The van der Waals surface area contributed by atoms with E-state index in [0.717, 1.165) is 25.6 Å². The fraction of sp³-hybridized carbons (Fsp3) is 0.933. The lowest BCUT2D eigenvalue weighted by atomic mass is 10.0. The molecule has 0 spiro atoms. The fourth-order valence-electron chi connectivity index (χ4n) is 3.27. The first-order valence-electron chi connectivity index (χ1n) is 7.85. The van der Waals surface area contributed by atoms with Crippen LogP contribution in [-0.2, 0) is 4.79 Å². The van der Waals surface area contributed by atoms with E-state index in [1.54, 1.807) is 0 Å². The highest BCUT2D eigenvalue weighted by Gasteiger charge is 2.16. The SMILES string of the molecule is O=C(CNCCCC1CCCC1)N1CCCCC1. The van der Waals surface area contributed by atoms with Gasteiger partial charge in [0.1, 0.15) is 0 Å². The van der Waals surface area contributed by atoms with E-state index in [1.165, 1.54) is 57.8 Å². The zero-order valence-corrected chi connectivity index (χ0v) is 11.6. The summed E-state index contributed by atoms with van der Waals surface area (Å²) in [5.74, 6) is 1.28. The van der Waals surface area contributed by atoms with E-state index in [4.69, 9.17) is 0 Å². The number of amides is 1. The van der Waals surface area contributed by atoms with Crippen LogP contribution in [0.15, 0.2) is 0 Å². The maximum atomic E-state index is 11.9. The smallest absolute Gasteiger partial charge is 0.236 e. The molecule has 0 aromatic carbocycles. The van der Waals surface area contributed by atoms with E-state index in [1.807, 2.05) is 4.90 Å². The van der Waals surface area contributed by atoms with Crippen molar-refractivity contribution in [2.75, 3.05) is 26.2 Å². The first-order valence-corrected chi connectivity index (χ1v) is 7.85. The van der Waals surface area contributed by atoms with Crippen LogP contribution in [0, 0.1) is 5.92 Å². The summed E-state index contributed by atoms with van der Waals surface area (Å²) >= 11 is 0. The molecule has 0 atom stereocenters. The number of likely N-dealkylation sites (tertiary alicyclic amines) is 1. The first-order chi connectivity index (χ1) is 8.86. The molecule has 104 valence electrons. The normalized spacial score (nSPS) is 21.4. The van der Waals surface area contributed by atoms with E-state index in [2.05, 4.69) is 5.32 Å². The van der Waals surface area contributed by atoms with E-state index in [0.29, 0.717) is 12.5 Å². The van der Waals surface area contributed by atoms with Crippen molar-refractivity contribution in [3.8, 4) is 0 Å². The van der Waals surface area contributed by atoms with Gasteiger partial charge in [0, 0.05) is 13.1 Å². The molecule has 1 N–H and O–H groups in total. The second-order valence-electron chi connectivity index (χ2n) is 5.91. The minimum absolute atomic E-state index is 0.301. The molecule has 1 amide bonds. The summed E-state index contributed by atoms with van der Waals surface area (Å²) in [5.41, 5.74) is 0. The molecule has 1 saturated heterocycles. The largest absolute Gasteiger partial charge is 0.342 e. The number of hydrogen-bond donors (Lipinski definition) is 1. The summed E-state index contributed by atoms with van der Waals surface area (Å²) in [4.78, 5) is 13.9. The van der Waals surface area contributed by atoms with Gasteiger partial charge in [0.25, 0.3) is 0 Å². The Bertz CT molecular complexity index is 243. The number of nitrogens with zero attached hydrogens (tertiary/aromatic N) is 1. The standard InChI is InChI=1S/C15H28N2O/c18-15(17-11-4-1-5-12-17)13-16-10-6-9-14-7-2-3-8-14/h14,16H,1-13H2. The van der Waals surface area contributed by atoms with Crippen molar-refractivity contribution in [1.82, 2.24) is 10.2 Å². The Balaban J connectivity index is 1.48. The molecule has 1 aliphatic carbocycles. The predicted octanol–water partition coefficient (Wildman–Crippen LogP) is 2.56. The van der Waals surface area contributed by atoms with Crippen LogP contribution in [0.3, 0.4) is 0 Å². The highest BCUT2D eigenvalue weighted by atomic mass is 16.2. The lowest BCUT2D eigenvalue weighted by Crippen LogP contribution is -2.41. The van der Waals surface area contributed by atoms with E-state index >= 15 is 0 Å². The summed E-state index contributed by atoms with van der Waals surface area (Å²) < 4.78 is 0. The Kier molecular flexibility index (Phi) is 5.98. The molecule has 2 aliphatic rings. The van der Waals surface area contributed by atoms with Gasteiger partial charge in [-0.3, -0.25) is 4.79 Å². The molecule has 18 heavy (non-hydrogen) atoms. The molecule has 0 radical (unpaired) electrons. The van der Waals surface area contributed by atoms with E-state index < -0.39 is 0 Å². The van der Waals surface area contributed by atoms with Gasteiger partial charge in [-0.05, 0) is 44.6 Å². The van der Waals surface area contributed by atoms with Crippen LogP contribution in [-0.4, -0.2) is 37.0 Å². The Labute approximate surface area is 111 Å². The van der Waals surface area contributed by atoms with Crippen molar-refractivity contribution in [2.45, 2.75) is 57.8 Å². The average molecular weight is 252 g/mol. The molecule has 3 nitrogen and oxygen atoms in total. The quantitative estimate of drug-likeness (QED) is 0.737. The number of carbonyl (C=O) groups excluding carboxylic acids is 1. The van der Waals surface area contributed by atoms with Crippen molar-refractivity contribution in [1.29, 1.82) is 0 Å². The van der Waals surface area contributed by atoms with Crippen molar-refractivity contribution < 1.29 is 4.79 Å². The highest BCUT2D eigenvalue weighted by Crippen LogP contribution is 2.28. The van der Waals surface area contributed by atoms with Gasteiger partial charge in [0.15, 0.2) is 0 Å². The zero-order chi connectivity index (χ0) is 12.6. The third-order valence-corrected chi connectivity index (χ3v) is 4.43. The number of hydrogen-bond acceptors (Lipinski definition) is 2. The Morgan fingerprint density at radius 1 is 1.06 bits per heavy atom. The summed E-state index contributed by atoms with van der Waals surface area (Å²) in [5, 5.41) is 3.32. The molecule has 1 saturated carbocycles. The number of nitrogens with one attached hydrogen (secondary N) is 1. The molecule has 3 heteroatoms. The molecule has 1 aliphatic heterocycles. The average Bonchev–Trinajstić information content (AvgIpc) is 2.92. The minimum Gasteiger partial charge on any atom is -0.342 e. The van der Waals surface area contributed by atoms with Crippen LogP contribution in [0.2, 0.25) is 0 Å². The van der Waals surface area contributed by atoms with Gasteiger partial charge < -0.3 is 10.2 Å². The van der Waals surface area contributed by atoms with E-state index in [9.17, 15) is 4.79 Å². The van der Waals surface area contributed by atoms with Gasteiger partial charge in [-0.25, -0.2) is 0 Å². The molecule has 0 aromatic heterocycles. The highest BCUT2D eigenvalue weighted by molar-refractivity contribution is 5.78. The van der Waals surface area contributed by atoms with Gasteiger partial charge in [-0.1, -0.05) is 25.7 Å². The molecular weight excluding hydrogens is 224 g/mol. The van der Waals surface area contributed by atoms with Gasteiger partial charge >= 0.3 is 0 Å². The Morgan fingerprint density at radius 2 is 1.78 bits per heavy atom. The van der Waals surface area contributed by atoms with E-state index in [-0.39, 0.29) is 0 Å². The Morgan fingerprint density at radius 3 is 2.50 bits per heavy atom. The van der Waals surface area contributed by atoms with Crippen LogP contribution < -0.4 is 5.32 Å². The molecule has 2 rings (SSSR count). The first kappa shape index (κ1) is 13.9. The second-order valence-corrected chi connectivity index (χ2v) is 5.91. The lowest BCUT2D eigenvalue weighted by Gasteiger charge is -2.26. The molecule has 0 aromatic rings. The number of carbonyl (C=O) groups is 1. The number of rotatable bonds is 6. The molecule has 0 bridgehead atoms.